The van der Waals surface area contributed by atoms with Crippen LogP contribution in [-0.2, 0) is 20.8 Å². The first-order chi connectivity index (χ1) is 10.9. The van der Waals surface area contributed by atoms with E-state index >= 15 is 0 Å². The Hall–Kier alpha value is -2.31. The molecule has 0 spiro atoms. The van der Waals surface area contributed by atoms with Crippen molar-refractivity contribution >= 4 is 17.7 Å². The monoisotopic (exact) mass is 325 g/mol. The van der Waals surface area contributed by atoms with Crippen molar-refractivity contribution in [2.45, 2.75) is 38.1 Å². The molecule has 0 radical (unpaired) electrons. The Bertz CT molecular complexity index is 633. The highest BCUT2D eigenvalue weighted by molar-refractivity contribution is 5.86. The van der Waals surface area contributed by atoms with E-state index in [-0.39, 0.29) is 24.2 Å². The quantitative estimate of drug-likeness (QED) is 0.865. The lowest BCUT2D eigenvalue weighted by Crippen LogP contribution is -2.47. The zero-order chi connectivity index (χ0) is 17.0. The molecular formula is C16H17F2NO4. The molecule has 0 aliphatic heterocycles. The number of nitrogens with one attached hydrogen (secondary N) is 1. The van der Waals surface area contributed by atoms with Crippen LogP contribution < -0.4 is 5.32 Å². The molecule has 1 saturated carbocycles. The van der Waals surface area contributed by atoms with Crippen molar-refractivity contribution in [1.82, 2.24) is 5.32 Å². The summed E-state index contributed by atoms with van der Waals surface area (Å²) in [4.78, 5) is 34.8. The van der Waals surface area contributed by atoms with Crippen LogP contribution in [0.25, 0.3) is 0 Å². The number of ketones is 1. The van der Waals surface area contributed by atoms with Crippen LogP contribution in [0.2, 0.25) is 0 Å². The molecule has 0 unspecified atom stereocenters. The van der Waals surface area contributed by atoms with Gasteiger partial charge < -0.3 is 10.4 Å². The van der Waals surface area contributed by atoms with E-state index in [0.717, 1.165) is 12.1 Å². The van der Waals surface area contributed by atoms with E-state index in [2.05, 4.69) is 5.32 Å². The lowest BCUT2D eigenvalue weighted by Gasteiger charge is -2.27. The van der Waals surface area contributed by atoms with E-state index in [9.17, 15) is 28.3 Å². The molecule has 1 aliphatic rings. The van der Waals surface area contributed by atoms with Gasteiger partial charge in [-0.3, -0.25) is 9.59 Å². The summed E-state index contributed by atoms with van der Waals surface area (Å²) in [5.74, 6) is -4.35. The Morgan fingerprint density at radius 1 is 1.30 bits per heavy atom. The Morgan fingerprint density at radius 2 is 2.04 bits per heavy atom. The minimum absolute atomic E-state index is 0.0117. The highest BCUT2D eigenvalue weighted by Gasteiger charge is 2.33. The highest BCUT2D eigenvalue weighted by atomic mass is 19.2. The minimum atomic E-state index is -1.21. The van der Waals surface area contributed by atoms with Crippen LogP contribution in [0.1, 0.15) is 31.2 Å². The maximum atomic E-state index is 13.1. The molecule has 124 valence electrons. The summed E-state index contributed by atoms with van der Waals surface area (Å²) in [5, 5.41) is 11.7. The van der Waals surface area contributed by atoms with Crippen molar-refractivity contribution in [3.8, 4) is 0 Å². The third-order valence-electron chi connectivity index (χ3n) is 3.92. The number of aliphatic carboxylic acids is 1. The van der Waals surface area contributed by atoms with E-state index in [1.165, 1.54) is 6.07 Å². The number of amides is 1. The number of Topliss-reactive ketones (excluding diaryl/α,β-unsaturated/α-hetero) is 1. The summed E-state index contributed by atoms with van der Waals surface area (Å²) in [5.41, 5.74) is 0.241. The van der Waals surface area contributed by atoms with E-state index in [0.29, 0.717) is 19.3 Å². The second kappa shape index (κ2) is 7.30. The number of hydrogen-bond acceptors (Lipinski definition) is 3. The van der Waals surface area contributed by atoms with Gasteiger partial charge in [0.2, 0.25) is 5.91 Å². The fourth-order valence-corrected chi connectivity index (χ4v) is 2.78. The summed E-state index contributed by atoms with van der Waals surface area (Å²) in [7, 11) is 0. The lowest BCUT2D eigenvalue weighted by atomic mass is 9.83. The van der Waals surface area contributed by atoms with E-state index < -0.39 is 35.5 Å². The first kappa shape index (κ1) is 17.1. The number of benzene rings is 1. The van der Waals surface area contributed by atoms with Gasteiger partial charge in [0, 0.05) is 12.8 Å². The molecule has 2 atom stereocenters. The normalized spacial score (nSPS) is 19.2. The molecule has 0 heterocycles. The number of carboxylic acid groups (broad SMARTS) is 1. The third kappa shape index (κ3) is 4.58. The van der Waals surface area contributed by atoms with Gasteiger partial charge >= 0.3 is 5.97 Å². The van der Waals surface area contributed by atoms with Crippen LogP contribution in [0.4, 0.5) is 8.78 Å². The van der Waals surface area contributed by atoms with Crippen molar-refractivity contribution in [2.75, 3.05) is 0 Å². The summed E-state index contributed by atoms with van der Waals surface area (Å²) in [6.07, 6.45) is 1.45. The molecule has 0 bridgehead atoms. The van der Waals surface area contributed by atoms with Crippen LogP contribution in [-0.4, -0.2) is 28.8 Å². The second-order valence-corrected chi connectivity index (χ2v) is 5.70. The number of rotatable bonds is 5. The molecule has 1 fully saturated rings. The number of carboxylic acids is 1. The van der Waals surface area contributed by atoms with Gasteiger partial charge in [0.15, 0.2) is 11.6 Å². The van der Waals surface area contributed by atoms with Gasteiger partial charge in [-0.1, -0.05) is 6.07 Å². The molecule has 0 saturated heterocycles. The van der Waals surface area contributed by atoms with Crippen LogP contribution in [0.3, 0.4) is 0 Å². The summed E-state index contributed by atoms with van der Waals surface area (Å²) < 4.78 is 26.0. The highest BCUT2D eigenvalue weighted by Crippen LogP contribution is 2.24. The molecule has 1 aromatic rings. The fourth-order valence-electron chi connectivity index (χ4n) is 2.78. The lowest BCUT2D eigenvalue weighted by molar-refractivity contribution is -0.144. The first-order valence-electron chi connectivity index (χ1n) is 7.34. The zero-order valence-corrected chi connectivity index (χ0v) is 12.4. The number of carbonyl (C=O) groups excluding carboxylic acids is 2. The third-order valence-corrected chi connectivity index (χ3v) is 3.92. The average molecular weight is 325 g/mol. The van der Waals surface area contributed by atoms with Crippen LogP contribution >= 0.6 is 0 Å². The van der Waals surface area contributed by atoms with Crippen molar-refractivity contribution in [2.24, 2.45) is 5.92 Å². The molecular weight excluding hydrogens is 308 g/mol. The molecule has 2 N–H and O–H groups in total. The summed E-state index contributed by atoms with van der Waals surface area (Å²) in [6.45, 7) is 0. The predicted molar refractivity (Wildman–Crippen MR) is 76.6 cm³/mol. The van der Waals surface area contributed by atoms with E-state index in [4.69, 9.17) is 0 Å². The molecule has 2 rings (SSSR count). The Balaban J connectivity index is 2.01. The van der Waals surface area contributed by atoms with Gasteiger partial charge in [-0.25, -0.2) is 13.6 Å². The zero-order valence-electron chi connectivity index (χ0n) is 12.4. The van der Waals surface area contributed by atoms with Crippen molar-refractivity contribution in [3.05, 3.63) is 35.4 Å². The van der Waals surface area contributed by atoms with Crippen molar-refractivity contribution in [3.63, 3.8) is 0 Å². The van der Waals surface area contributed by atoms with Gasteiger partial charge in [-0.15, -0.1) is 0 Å². The molecule has 0 aromatic heterocycles. The van der Waals surface area contributed by atoms with Gasteiger partial charge in [0.25, 0.3) is 0 Å². The number of hydrogen-bond donors (Lipinski definition) is 2. The Labute approximate surface area is 131 Å². The van der Waals surface area contributed by atoms with Crippen LogP contribution in [0.5, 0.6) is 0 Å². The molecule has 1 amide bonds. The largest absolute Gasteiger partial charge is 0.480 e. The SMILES string of the molecule is O=C1CCC[C@H]([C@@H](NC(=O)Cc2ccc(F)c(F)c2)C(=O)O)C1. The summed E-state index contributed by atoms with van der Waals surface area (Å²) in [6, 6.07) is 1.91. The number of halogens is 2. The smallest absolute Gasteiger partial charge is 0.326 e. The first-order valence-corrected chi connectivity index (χ1v) is 7.34. The maximum Gasteiger partial charge on any atom is 0.326 e. The average Bonchev–Trinajstić information content (AvgIpc) is 2.48. The van der Waals surface area contributed by atoms with Crippen molar-refractivity contribution < 1.29 is 28.3 Å². The topological polar surface area (TPSA) is 83.5 Å². The Morgan fingerprint density at radius 3 is 2.65 bits per heavy atom. The maximum absolute atomic E-state index is 13.1. The molecule has 23 heavy (non-hydrogen) atoms. The van der Waals surface area contributed by atoms with Crippen LogP contribution in [0.15, 0.2) is 18.2 Å². The van der Waals surface area contributed by atoms with Crippen LogP contribution in [0, 0.1) is 17.6 Å². The summed E-state index contributed by atoms with van der Waals surface area (Å²) >= 11 is 0. The Kier molecular flexibility index (Phi) is 5.41. The van der Waals surface area contributed by atoms with Gasteiger partial charge in [-0.05, 0) is 36.5 Å². The molecule has 1 aliphatic carbocycles. The van der Waals surface area contributed by atoms with Gasteiger partial charge in [0.1, 0.15) is 11.8 Å². The van der Waals surface area contributed by atoms with Gasteiger partial charge in [0.05, 0.1) is 6.42 Å². The standard InChI is InChI=1S/C16H17F2NO4/c17-12-5-4-9(6-13(12)18)7-14(21)19-15(16(22)23)10-2-1-3-11(20)8-10/h4-6,10,15H,1-3,7-8H2,(H,19,21)(H,22,23)/t10-,15+/m0/s1. The molecule has 7 heteroatoms. The van der Waals surface area contributed by atoms with E-state index in [1.54, 1.807) is 0 Å². The number of carbonyl (C=O) groups is 3. The molecule has 1 aromatic carbocycles. The van der Waals surface area contributed by atoms with Crippen molar-refractivity contribution in [1.29, 1.82) is 0 Å². The molecule has 5 nitrogen and oxygen atoms in total. The van der Waals surface area contributed by atoms with Gasteiger partial charge in [-0.2, -0.15) is 0 Å². The second-order valence-electron chi connectivity index (χ2n) is 5.70. The predicted octanol–water partition coefficient (Wildman–Crippen LogP) is 1.84. The minimum Gasteiger partial charge on any atom is -0.480 e. The fraction of sp³-hybridized carbons (Fsp3) is 0.438. The van der Waals surface area contributed by atoms with E-state index in [1.807, 2.05) is 0 Å².